The maximum Gasteiger partial charge on any atom is 0.211 e. The molecule has 2 atom stereocenters. The van der Waals surface area contributed by atoms with Crippen LogP contribution in [0.15, 0.2) is 29.3 Å². The fourth-order valence-corrected chi connectivity index (χ4v) is 4.60. The topological polar surface area (TPSA) is 161 Å². The monoisotopic (exact) mass is 459 g/mol. The van der Waals surface area contributed by atoms with Crippen LogP contribution in [0.3, 0.4) is 0 Å². The summed E-state index contributed by atoms with van der Waals surface area (Å²) >= 11 is 0. The smallest absolute Gasteiger partial charge is 0.211 e. The summed E-state index contributed by atoms with van der Waals surface area (Å²) in [5.74, 6) is 1.99. The van der Waals surface area contributed by atoms with Crippen molar-refractivity contribution in [3.05, 3.63) is 41.0 Å². The van der Waals surface area contributed by atoms with Gasteiger partial charge >= 0.3 is 0 Å². The highest BCUT2D eigenvalue weighted by molar-refractivity contribution is 5.98. The zero-order valence-electron chi connectivity index (χ0n) is 19.2. The minimum Gasteiger partial charge on any atom is -0.493 e. The summed E-state index contributed by atoms with van der Waals surface area (Å²) in [5.41, 5.74) is 13.9. The van der Waals surface area contributed by atoms with Crippen molar-refractivity contribution in [1.29, 1.82) is 10.5 Å². The van der Waals surface area contributed by atoms with Gasteiger partial charge in [0.25, 0.3) is 0 Å². The first-order valence-corrected chi connectivity index (χ1v) is 11.4. The van der Waals surface area contributed by atoms with Crippen LogP contribution >= 0.6 is 0 Å². The Morgan fingerprint density at radius 2 is 2.12 bits per heavy atom. The Balaban J connectivity index is 1.59. The van der Waals surface area contributed by atoms with Crippen LogP contribution in [0.1, 0.15) is 48.9 Å². The lowest BCUT2D eigenvalue weighted by atomic mass is 9.94. The second-order valence-electron chi connectivity index (χ2n) is 8.69. The van der Waals surface area contributed by atoms with Gasteiger partial charge in [-0.25, -0.2) is 9.98 Å². The molecule has 10 nitrogen and oxygen atoms in total. The van der Waals surface area contributed by atoms with Gasteiger partial charge in [0.2, 0.25) is 5.96 Å². The van der Waals surface area contributed by atoms with Gasteiger partial charge in [-0.1, -0.05) is 25.1 Å². The Hall–Kier alpha value is -4.02. The number of nitrogens with two attached hydrogens (primary N) is 2. The standard InChI is InChI=1S/C24H29N9O/c1-15-6-4-9-33(13-15)10-5-11-34-18-8-3-2-7-16(18)21-19-20(27)17(12-25)22(28)31-23(19)32-24(30-21)29-14-26/h2-3,7-8,15,21H,4-6,9-11,13H2,1H3,(H6,27,28,29,30,31,32). The maximum absolute atomic E-state index is 9.53. The molecule has 0 aliphatic carbocycles. The van der Waals surface area contributed by atoms with E-state index >= 15 is 0 Å². The Bertz CT molecular complexity index is 1160. The molecule has 176 valence electrons. The number of piperidine rings is 1. The van der Waals surface area contributed by atoms with Crippen molar-refractivity contribution >= 4 is 23.3 Å². The molecule has 3 heterocycles. The normalized spacial score (nSPS) is 19.7. The average molecular weight is 460 g/mol. The van der Waals surface area contributed by atoms with Crippen LogP contribution in [0.2, 0.25) is 0 Å². The van der Waals surface area contributed by atoms with E-state index in [0.29, 0.717) is 23.7 Å². The number of nitriles is 2. The van der Waals surface area contributed by atoms with Crippen LogP contribution in [0.25, 0.3) is 0 Å². The molecule has 0 amide bonds. The van der Waals surface area contributed by atoms with Gasteiger partial charge in [-0.05, 0) is 37.8 Å². The Kier molecular flexibility index (Phi) is 7.00. The minimum absolute atomic E-state index is 0.0137. The molecule has 2 unspecified atom stereocenters. The van der Waals surface area contributed by atoms with E-state index in [9.17, 15) is 5.26 Å². The van der Waals surface area contributed by atoms with Crippen molar-refractivity contribution in [3.63, 3.8) is 0 Å². The number of anilines is 3. The highest BCUT2D eigenvalue weighted by Gasteiger charge is 2.31. The second-order valence-corrected chi connectivity index (χ2v) is 8.69. The molecule has 1 saturated heterocycles. The number of nitrogens with zero attached hydrogens (tertiary/aromatic N) is 5. The summed E-state index contributed by atoms with van der Waals surface area (Å²) in [6, 6.07) is 8.96. The predicted molar refractivity (Wildman–Crippen MR) is 131 cm³/mol. The van der Waals surface area contributed by atoms with Crippen LogP contribution in [0, 0.1) is 28.7 Å². The number of hydrogen-bond donors (Lipinski definition) is 4. The minimum atomic E-state index is -0.633. The average Bonchev–Trinajstić information content (AvgIpc) is 2.82. The summed E-state index contributed by atoms with van der Waals surface area (Å²) < 4.78 is 6.19. The van der Waals surface area contributed by atoms with Crippen molar-refractivity contribution < 1.29 is 4.74 Å². The van der Waals surface area contributed by atoms with Crippen molar-refractivity contribution in [2.75, 3.05) is 43.0 Å². The zero-order valence-corrected chi connectivity index (χ0v) is 19.2. The number of aromatic nitrogens is 1. The van der Waals surface area contributed by atoms with E-state index in [1.54, 1.807) is 0 Å². The Morgan fingerprint density at radius 3 is 2.88 bits per heavy atom. The molecule has 2 aliphatic heterocycles. The molecule has 10 heteroatoms. The number of nitrogens with one attached hydrogen (secondary N) is 2. The van der Waals surface area contributed by atoms with Gasteiger partial charge in [-0.2, -0.15) is 10.5 Å². The number of likely N-dealkylation sites (tertiary alicyclic amines) is 1. The summed E-state index contributed by atoms with van der Waals surface area (Å²) in [4.78, 5) is 11.4. The van der Waals surface area contributed by atoms with E-state index in [2.05, 4.69) is 32.4 Å². The van der Waals surface area contributed by atoms with Gasteiger partial charge in [-0.3, -0.25) is 5.32 Å². The number of benzene rings is 1. The number of rotatable bonds is 6. The first-order valence-electron chi connectivity index (χ1n) is 11.4. The molecule has 0 bridgehead atoms. The van der Waals surface area contributed by atoms with Crippen LogP contribution in [-0.4, -0.2) is 42.1 Å². The van der Waals surface area contributed by atoms with Crippen LogP contribution in [0.5, 0.6) is 5.75 Å². The molecular weight excluding hydrogens is 430 g/mol. The number of nitrogen functional groups attached to an aromatic ring is 2. The number of pyridine rings is 1. The number of fused-ring (bicyclic) bond motifs is 1. The van der Waals surface area contributed by atoms with Crippen LogP contribution in [0.4, 0.5) is 17.3 Å². The lowest BCUT2D eigenvalue weighted by Crippen LogP contribution is -2.35. The van der Waals surface area contributed by atoms with Crippen molar-refractivity contribution in [3.8, 4) is 18.0 Å². The van der Waals surface area contributed by atoms with E-state index in [0.717, 1.165) is 37.5 Å². The fourth-order valence-electron chi connectivity index (χ4n) is 4.60. The molecule has 6 N–H and O–H groups in total. The third kappa shape index (κ3) is 4.82. The number of guanidine groups is 1. The maximum atomic E-state index is 9.53. The van der Waals surface area contributed by atoms with E-state index in [1.807, 2.05) is 36.5 Å². The predicted octanol–water partition coefficient (Wildman–Crippen LogP) is 2.56. The molecule has 1 aromatic heterocycles. The highest BCUT2D eigenvalue weighted by Crippen LogP contribution is 2.43. The summed E-state index contributed by atoms with van der Waals surface area (Å²) in [5, 5.41) is 24.1. The van der Waals surface area contributed by atoms with Crippen molar-refractivity contribution in [1.82, 2.24) is 15.2 Å². The first-order chi connectivity index (χ1) is 16.5. The SMILES string of the molecule is CC1CCCN(CCCOc2ccccc2C2N=C(NC#N)Nc3nc(N)c(C#N)c(N)c32)C1. The molecule has 0 saturated carbocycles. The largest absolute Gasteiger partial charge is 0.493 e. The summed E-state index contributed by atoms with van der Waals surface area (Å²) in [6.07, 6.45) is 5.33. The van der Waals surface area contributed by atoms with Gasteiger partial charge in [0.1, 0.15) is 35.1 Å². The Labute approximate surface area is 199 Å². The van der Waals surface area contributed by atoms with Gasteiger partial charge in [-0.15, -0.1) is 0 Å². The van der Waals surface area contributed by atoms with E-state index < -0.39 is 6.04 Å². The molecular formula is C24H29N9O. The molecule has 1 fully saturated rings. The second kappa shape index (κ2) is 10.3. The molecule has 0 radical (unpaired) electrons. The molecule has 34 heavy (non-hydrogen) atoms. The number of para-hydroxylation sites is 1. The number of hydrogen-bond acceptors (Lipinski definition) is 10. The summed E-state index contributed by atoms with van der Waals surface area (Å²) in [6.45, 7) is 6.15. The van der Waals surface area contributed by atoms with E-state index in [4.69, 9.17) is 21.5 Å². The lowest BCUT2D eigenvalue weighted by Gasteiger charge is -2.30. The quantitative estimate of drug-likeness (QED) is 0.289. The van der Waals surface area contributed by atoms with Gasteiger partial charge in [0, 0.05) is 24.2 Å². The lowest BCUT2D eigenvalue weighted by molar-refractivity contribution is 0.169. The first kappa shape index (κ1) is 23.1. The van der Waals surface area contributed by atoms with Gasteiger partial charge in [0.05, 0.1) is 12.3 Å². The van der Waals surface area contributed by atoms with Gasteiger partial charge in [0.15, 0.2) is 6.19 Å². The van der Waals surface area contributed by atoms with Crippen molar-refractivity contribution in [2.45, 2.75) is 32.2 Å². The van der Waals surface area contributed by atoms with Gasteiger partial charge < -0.3 is 26.4 Å². The molecule has 2 aromatic rings. The highest BCUT2D eigenvalue weighted by atomic mass is 16.5. The third-order valence-electron chi connectivity index (χ3n) is 6.19. The summed E-state index contributed by atoms with van der Waals surface area (Å²) in [7, 11) is 0. The Morgan fingerprint density at radius 1 is 1.29 bits per heavy atom. The number of ether oxygens (including phenoxy) is 1. The molecule has 4 rings (SSSR count). The zero-order chi connectivity index (χ0) is 24.1. The molecule has 1 aromatic carbocycles. The molecule has 2 aliphatic rings. The fraction of sp³-hybridized carbons (Fsp3) is 0.417. The van der Waals surface area contributed by atoms with Crippen LogP contribution < -0.4 is 26.8 Å². The van der Waals surface area contributed by atoms with Crippen molar-refractivity contribution in [2.24, 2.45) is 10.9 Å². The van der Waals surface area contributed by atoms with E-state index in [1.165, 1.54) is 12.8 Å². The van der Waals surface area contributed by atoms with Crippen LogP contribution in [-0.2, 0) is 0 Å². The molecule has 0 spiro atoms. The third-order valence-corrected chi connectivity index (χ3v) is 6.19. The van der Waals surface area contributed by atoms with E-state index in [-0.39, 0.29) is 23.0 Å². The number of aliphatic imine (C=N–C) groups is 1.